The van der Waals surface area contributed by atoms with E-state index in [4.69, 9.17) is 10.6 Å². The van der Waals surface area contributed by atoms with Crippen molar-refractivity contribution in [2.24, 2.45) is 5.84 Å². The molecule has 0 bridgehead atoms. The van der Waals surface area contributed by atoms with Crippen LogP contribution in [0.2, 0.25) is 0 Å². The van der Waals surface area contributed by atoms with Gasteiger partial charge in [-0.25, -0.2) is 0 Å². The molecular weight excluding hydrogens is 286 g/mol. The van der Waals surface area contributed by atoms with Crippen LogP contribution in [0.15, 0.2) is 24.4 Å². The van der Waals surface area contributed by atoms with Gasteiger partial charge in [-0.3, -0.25) is 5.84 Å². The molecule has 1 aliphatic heterocycles. The summed E-state index contributed by atoms with van der Waals surface area (Å²) >= 11 is 0. The third-order valence-corrected chi connectivity index (χ3v) is 3.95. The Morgan fingerprint density at radius 3 is 2.96 bits per heavy atom. The molecule has 4 heteroatoms. The van der Waals surface area contributed by atoms with Crippen molar-refractivity contribution < 1.29 is 4.74 Å². The van der Waals surface area contributed by atoms with Crippen LogP contribution in [0.3, 0.4) is 0 Å². The Kier molecular flexibility index (Phi) is 6.99. The maximum Gasteiger partial charge on any atom is 0.0747 e. The maximum absolute atomic E-state index is 5.72. The number of hydrazine groups is 1. The van der Waals surface area contributed by atoms with Gasteiger partial charge in [-0.2, -0.15) is 0 Å². The molecule has 1 fully saturated rings. The monoisotopic (exact) mass is 313 g/mol. The van der Waals surface area contributed by atoms with Crippen molar-refractivity contribution in [3.05, 3.63) is 41.1 Å². The lowest BCUT2D eigenvalue weighted by molar-refractivity contribution is 0.0188. The predicted octanol–water partition coefficient (Wildman–Crippen LogP) is 2.68. The van der Waals surface area contributed by atoms with Crippen molar-refractivity contribution in [2.45, 2.75) is 45.6 Å². The second-order valence-electron chi connectivity index (χ2n) is 5.78. The van der Waals surface area contributed by atoms with Crippen LogP contribution in [-0.4, -0.2) is 19.3 Å². The van der Waals surface area contributed by atoms with Gasteiger partial charge in [0.1, 0.15) is 0 Å². The Bertz CT molecular complexity index is 592. The highest BCUT2D eigenvalue weighted by molar-refractivity contribution is 5.67. The van der Waals surface area contributed by atoms with E-state index in [9.17, 15) is 0 Å². The maximum atomic E-state index is 5.72. The zero-order valence-electron chi connectivity index (χ0n) is 14.1. The number of hydrogen-bond donors (Lipinski definition) is 3. The van der Waals surface area contributed by atoms with E-state index in [1.54, 1.807) is 0 Å². The Morgan fingerprint density at radius 1 is 1.43 bits per heavy atom. The van der Waals surface area contributed by atoms with Crippen molar-refractivity contribution in [3.63, 3.8) is 0 Å². The molecule has 1 aromatic carbocycles. The van der Waals surface area contributed by atoms with Gasteiger partial charge in [-0.05, 0) is 43.9 Å². The van der Waals surface area contributed by atoms with Gasteiger partial charge in [-0.15, -0.1) is 0 Å². The summed E-state index contributed by atoms with van der Waals surface area (Å²) in [6, 6.07) is 6.17. The van der Waals surface area contributed by atoms with E-state index in [1.807, 2.05) is 12.3 Å². The minimum absolute atomic E-state index is 0.298. The summed E-state index contributed by atoms with van der Waals surface area (Å²) in [7, 11) is 0. The Morgan fingerprint density at radius 2 is 2.30 bits per heavy atom. The highest BCUT2D eigenvalue weighted by atomic mass is 16.5. The molecule has 4 nitrogen and oxygen atoms in total. The van der Waals surface area contributed by atoms with E-state index >= 15 is 0 Å². The number of hydrogen-bond acceptors (Lipinski definition) is 4. The average Bonchev–Trinajstić information content (AvgIpc) is 2.58. The number of benzene rings is 1. The standard InChI is InChI=1S/C19H27N3O/c1-3-4-7-16-9-10-18(15(2)12-16)19(22-20)14-21-13-17-8-5-6-11-23-17/h9-10,12,14,17,21-22H,3,5-6,8,11,13,20H2,1-2H3/b19-14-. The molecule has 1 aliphatic rings. The molecule has 1 heterocycles. The van der Waals surface area contributed by atoms with E-state index in [0.717, 1.165) is 48.4 Å². The van der Waals surface area contributed by atoms with E-state index in [-0.39, 0.29) is 0 Å². The third kappa shape index (κ3) is 5.31. The first-order valence-corrected chi connectivity index (χ1v) is 8.36. The molecule has 0 radical (unpaired) electrons. The van der Waals surface area contributed by atoms with Crippen molar-refractivity contribution in [2.75, 3.05) is 13.2 Å². The predicted molar refractivity (Wildman–Crippen MR) is 95.2 cm³/mol. The zero-order chi connectivity index (χ0) is 16.5. The number of aryl methyl sites for hydroxylation is 1. The van der Waals surface area contributed by atoms with Gasteiger partial charge in [0.15, 0.2) is 0 Å². The Balaban J connectivity index is 2.02. The van der Waals surface area contributed by atoms with Gasteiger partial charge < -0.3 is 15.5 Å². The van der Waals surface area contributed by atoms with Gasteiger partial charge in [0.2, 0.25) is 0 Å². The lowest BCUT2D eigenvalue weighted by Gasteiger charge is -2.22. The van der Waals surface area contributed by atoms with Crippen LogP contribution >= 0.6 is 0 Å². The summed E-state index contributed by atoms with van der Waals surface area (Å²) in [6.45, 7) is 5.80. The van der Waals surface area contributed by atoms with Crippen LogP contribution in [0.5, 0.6) is 0 Å². The molecule has 4 N–H and O–H groups in total. The van der Waals surface area contributed by atoms with Crippen LogP contribution in [0.25, 0.3) is 5.70 Å². The molecule has 1 aromatic rings. The summed E-state index contributed by atoms with van der Waals surface area (Å²) < 4.78 is 5.72. The Hall–Kier alpha value is -1.96. The van der Waals surface area contributed by atoms with Crippen molar-refractivity contribution in [1.82, 2.24) is 10.7 Å². The van der Waals surface area contributed by atoms with Crippen LogP contribution in [0, 0.1) is 18.8 Å². The van der Waals surface area contributed by atoms with E-state index in [2.05, 4.69) is 48.6 Å². The van der Waals surface area contributed by atoms with E-state index in [0.29, 0.717) is 6.10 Å². The summed E-state index contributed by atoms with van der Waals surface area (Å²) in [5.74, 6) is 11.9. The molecule has 2 rings (SSSR count). The number of rotatable bonds is 5. The number of nitrogens with one attached hydrogen (secondary N) is 2. The normalized spacial score (nSPS) is 18.0. The molecule has 1 unspecified atom stereocenters. The van der Waals surface area contributed by atoms with Crippen molar-refractivity contribution >= 4 is 5.70 Å². The van der Waals surface area contributed by atoms with Gasteiger partial charge in [-0.1, -0.05) is 24.8 Å². The summed E-state index contributed by atoms with van der Waals surface area (Å²) in [6.07, 6.45) is 6.63. The topological polar surface area (TPSA) is 59.3 Å². The van der Waals surface area contributed by atoms with Crippen molar-refractivity contribution in [3.8, 4) is 11.8 Å². The first-order valence-electron chi connectivity index (χ1n) is 8.36. The average molecular weight is 313 g/mol. The number of nitrogens with two attached hydrogens (primary N) is 1. The minimum Gasteiger partial charge on any atom is -0.387 e. The molecule has 0 saturated carbocycles. The third-order valence-electron chi connectivity index (χ3n) is 3.95. The molecule has 0 aliphatic carbocycles. The highest BCUT2D eigenvalue weighted by Crippen LogP contribution is 2.17. The quantitative estimate of drug-likeness (QED) is 0.444. The highest BCUT2D eigenvalue weighted by Gasteiger charge is 2.12. The molecule has 1 atom stereocenters. The molecule has 0 aromatic heterocycles. The van der Waals surface area contributed by atoms with Gasteiger partial charge >= 0.3 is 0 Å². The first kappa shape index (κ1) is 17.4. The van der Waals surface area contributed by atoms with Gasteiger partial charge in [0.05, 0.1) is 11.8 Å². The largest absolute Gasteiger partial charge is 0.387 e. The fourth-order valence-corrected chi connectivity index (χ4v) is 2.69. The summed E-state index contributed by atoms with van der Waals surface area (Å²) in [4.78, 5) is 0. The van der Waals surface area contributed by atoms with Crippen LogP contribution in [-0.2, 0) is 4.74 Å². The van der Waals surface area contributed by atoms with Gasteiger partial charge in [0, 0.05) is 36.9 Å². The smallest absolute Gasteiger partial charge is 0.0747 e. The molecule has 23 heavy (non-hydrogen) atoms. The zero-order valence-corrected chi connectivity index (χ0v) is 14.1. The minimum atomic E-state index is 0.298. The number of ether oxygens (including phenoxy) is 1. The SMILES string of the molecule is CCC#Cc1ccc(/C(=C/NCC2CCCCO2)NN)c(C)c1. The molecule has 124 valence electrons. The van der Waals surface area contributed by atoms with Crippen LogP contribution < -0.4 is 16.6 Å². The molecule has 0 spiro atoms. The molecule has 0 amide bonds. The fourth-order valence-electron chi connectivity index (χ4n) is 2.69. The lowest BCUT2D eigenvalue weighted by atomic mass is 10.0. The van der Waals surface area contributed by atoms with E-state index < -0.39 is 0 Å². The fraction of sp³-hybridized carbons (Fsp3) is 0.474. The Labute approximate surface area is 139 Å². The van der Waals surface area contributed by atoms with Crippen molar-refractivity contribution in [1.29, 1.82) is 0 Å². The first-order chi connectivity index (χ1) is 11.2. The second kappa shape index (κ2) is 9.24. The van der Waals surface area contributed by atoms with Crippen LogP contribution in [0.1, 0.15) is 49.3 Å². The lowest BCUT2D eigenvalue weighted by Crippen LogP contribution is -2.30. The molecular formula is C19H27N3O. The second-order valence-corrected chi connectivity index (χ2v) is 5.78. The summed E-state index contributed by atoms with van der Waals surface area (Å²) in [5, 5.41) is 3.32. The summed E-state index contributed by atoms with van der Waals surface area (Å²) in [5.41, 5.74) is 6.91. The van der Waals surface area contributed by atoms with E-state index in [1.165, 1.54) is 12.8 Å². The van der Waals surface area contributed by atoms with Crippen LogP contribution in [0.4, 0.5) is 0 Å². The molecule has 1 saturated heterocycles. The van der Waals surface area contributed by atoms with Gasteiger partial charge in [0.25, 0.3) is 0 Å².